The van der Waals surface area contributed by atoms with Crippen molar-refractivity contribution >= 4 is 17.6 Å². The van der Waals surface area contributed by atoms with Crippen LogP contribution in [0.3, 0.4) is 0 Å². The average molecular weight is 311 g/mol. The van der Waals surface area contributed by atoms with Crippen LogP contribution in [0.1, 0.15) is 5.56 Å². The molecule has 23 heavy (non-hydrogen) atoms. The first-order valence-electron chi connectivity index (χ1n) is 7.71. The molecule has 5 heteroatoms. The number of hydrogen-bond donors (Lipinski definition) is 1. The van der Waals surface area contributed by atoms with E-state index in [1.807, 2.05) is 24.3 Å². The fourth-order valence-corrected chi connectivity index (χ4v) is 2.51. The highest BCUT2D eigenvalue weighted by Gasteiger charge is 2.10. The minimum absolute atomic E-state index is 0.771. The van der Waals surface area contributed by atoms with E-state index >= 15 is 0 Å². The minimum Gasteiger partial charge on any atom is -0.495 e. The van der Waals surface area contributed by atoms with E-state index in [1.165, 1.54) is 5.69 Å². The molecule has 2 aromatic rings. The van der Waals surface area contributed by atoms with Crippen LogP contribution in [0.25, 0.3) is 0 Å². The zero-order valence-corrected chi connectivity index (χ0v) is 13.2. The monoisotopic (exact) mass is 311 g/mol. The van der Waals surface area contributed by atoms with Gasteiger partial charge in [-0.05, 0) is 29.8 Å². The highest BCUT2D eigenvalue weighted by atomic mass is 16.5. The number of rotatable bonds is 5. The second kappa shape index (κ2) is 7.65. The lowest BCUT2D eigenvalue weighted by Gasteiger charge is -2.28. The van der Waals surface area contributed by atoms with E-state index in [0.29, 0.717) is 0 Å². The van der Waals surface area contributed by atoms with E-state index in [-0.39, 0.29) is 0 Å². The van der Waals surface area contributed by atoms with Gasteiger partial charge < -0.3 is 14.4 Å². The summed E-state index contributed by atoms with van der Waals surface area (Å²) in [5.41, 5.74) is 6.12. The van der Waals surface area contributed by atoms with Crippen molar-refractivity contribution in [2.45, 2.75) is 0 Å². The summed E-state index contributed by atoms with van der Waals surface area (Å²) in [6.07, 6.45) is 1.80. The minimum atomic E-state index is 0.771. The molecule has 5 nitrogen and oxygen atoms in total. The zero-order chi connectivity index (χ0) is 15.9. The lowest BCUT2D eigenvalue weighted by molar-refractivity contribution is 0.122. The number of para-hydroxylation sites is 2. The Morgan fingerprint density at radius 1 is 1.09 bits per heavy atom. The molecule has 0 aromatic heterocycles. The predicted octanol–water partition coefficient (Wildman–Crippen LogP) is 2.98. The van der Waals surface area contributed by atoms with Crippen LogP contribution < -0.4 is 15.1 Å². The summed E-state index contributed by atoms with van der Waals surface area (Å²) >= 11 is 0. The first kappa shape index (κ1) is 15.4. The number of hydrogen-bond acceptors (Lipinski definition) is 5. The normalized spacial score (nSPS) is 14.9. The Kier molecular flexibility index (Phi) is 5.11. The van der Waals surface area contributed by atoms with Crippen LogP contribution in [0.5, 0.6) is 5.75 Å². The summed E-state index contributed by atoms with van der Waals surface area (Å²) in [5.74, 6) is 0.771. The summed E-state index contributed by atoms with van der Waals surface area (Å²) < 4.78 is 10.7. The van der Waals surface area contributed by atoms with Gasteiger partial charge in [0.1, 0.15) is 5.75 Å². The Hall–Kier alpha value is -2.53. The third kappa shape index (κ3) is 4.02. The van der Waals surface area contributed by atoms with Gasteiger partial charge in [0.05, 0.1) is 32.2 Å². The van der Waals surface area contributed by atoms with Crippen molar-refractivity contribution in [1.82, 2.24) is 0 Å². The predicted molar refractivity (Wildman–Crippen MR) is 93.7 cm³/mol. The van der Waals surface area contributed by atoms with Gasteiger partial charge in [-0.25, -0.2) is 0 Å². The van der Waals surface area contributed by atoms with Crippen LogP contribution in [-0.4, -0.2) is 39.6 Å². The third-order valence-electron chi connectivity index (χ3n) is 3.77. The van der Waals surface area contributed by atoms with Crippen molar-refractivity contribution < 1.29 is 9.47 Å². The smallest absolute Gasteiger partial charge is 0.143 e. The molecule has 1 saturated heterocycles. The maximum absolute atomic E-state index is 5.38. The molecule has 0 bridgehead atoms. The molecule has 1 fully saturated rings. The van der Waals surface area contributed by atoms with Gasteiger partial charge in [0.2, 0.25) is 0 Å². The fourth-order valence-electron chi connectivity index (χ4n) is 2.51. The topological polar surface area (TPSA) is 46.1 Å². The molecule has 0 atom stereocenters. The van der Waals surface area contributed by atoms with Crippen LogP contribution in [0, 0.1) is 0 Å². The second-order valence-corrected chi connectivity index (χ2v) is 5.26. The van der Waals surface area contributed by atoms with Gasteiger partial charge in [-0.2, -0.15) is 5.10 Å². The van der Waals surface area contributed by atoms with Crippen LogP contribution in [0.2, 0.25) is 0 Å². The van der Waals surface area contributed by atoms with Gasteiger partial charge in [-0.1, -0.05) is 24.3 Å². The molecular formula is C18H21N3O2. The lowest BCUT2D eigenvalue weighted by atomic mass is 10.2. The van der Waals surface area contributed by atoms with E-state index in [4.69, 9.17) is 9.47 Å². The summed E-state index contributed by atoms with van der Waals surface area (Å²) in [6.45, 7) is 3.49. The Morgan fingerprint density at radius 3 is 2.57 bits per heavy atom. The Balaban J connectivity index is 1.61. The van der Waals surface area contributed by atoms with Crippen LogP contribution in [-0.2, 0) is 4.74 Å². The van der Waals surface area contributed by atoms with E-state index in [9.17, 15) is 0 Å². The maximum Gasteiger partial charge on any atom is 0.143 e. The largest absolute Gasteiger partial charge is 0.495 e. The van der Waals surface area contributed by atoms with Gasteiger partial charge in [-0.3, -0.25) is 5.43 Å². The standard InChI is InChI=1S/C18H21N3O2/c1-22-18-5-3-2-4-17(18)20-19-14-15-6-8-16(9-7-15)21-10-12-23-13-11-21/h2-9,14,20H,10-13H2,1H3/b19-14+. The number of nitrogens with one attached hydrogen (secondary N) is 1. The SMILES string of the molecule is COc1ccccc1N/N=C/c1ccc(N2CCOCC2)cc1. The molecule has 0 amide bonds. The van der Waals surface area contributed by atoms with Crippen molar-refractivity contribution in [3.63, 3.8) is 0 Å². The molecular weight excluding hydrogens is 290 g/mol. The molecule has 0 saturated carbocycles. The van der Waals surface area contributed by atoms with Gasteiger partial charge in [0.15, 0.2) is 0 Å². The van der Waals surface area contributed by atoms with Gasteiger partial charge in [0, 0.05) is 18.8 Å². The highest BCUT2D eigenvalue weighted by molar-refractivity contribution is 5.81. The quantitative estimate of drug-likeness (QED) is 0.681. The van der Waals surface area contributed by atoms with Crippen LogP contribution in [0.15, 0.2) is 53.6 Å². The Morgan fingerprint density at radius 2 is 1.83 bits per heavy atom. The molecule has 0 spiro atoms. The van der Waals surface area contributed by atoms with Crippen molar-refractivity contribution in [3.05, 3.63) is 54.1 Å². The molecule has 3 rings (SSSR count). The maximum atomic E-state index is 5.38. The van der Waals surface area contributed by atoms with E-state index < -0.39 is 0 Å². The molecule has 2 aromatic carbocycles. The zero-order valence-electron chi connectivity index (χ0n) is 13.2. The van der Waals surface area contributed by atoms with Crippen molar-refractivity contribution in [2.75, 3.05) is 43.7 Å². The van der Waals surface area contributed by atoms with Crippen molar-refractivity contribution in [2.24, 2.45) is 5.10 Å². The number of anilines is 2. The average Bonchev–Trinajstić information content (AvgIpc) is 2.63. The first-order chi connectivity index (χ1) is 11.4. The van der Waals surface area contributed by atoms with E-state index in [1.54, 1.807) is 13.3 Å². The number of nitrogens with zero attached hydrogens (tertiary/aromatic N) is 2. The van der Waals surface area contributed by atoms with Gasteiger partial charge in [-0.15, -0.1) is 0 Å². The number of methoxy groups -OCH3 is 1. The number of morpholine rings is 1. The summed E-state index contributed by atoms with van der Waals surface area (Å²) in [5, 5.41) is 4.27. The number of benzene rings is 2. The summed E-state index contributed by atoms with van der Waals surface area (Å²) in [4.78, 5) is 2.33. The van der Waals surface area contributed by atoms with E-state index in [2.05, 4.69) is 39.7 Å². The molecule has 0 aliphatic carbocycles. The van der Waals surface area contributed by atoms with E-state index in [0.717, 1.165) is 43.3 Å². The Labute approximate surface area is 136 Å². The number of hydrazone groups is 1. The third-order valence-corrected chi connectivity index (χ3v) is 3.77. The summed E-state index contributed by atoms with van der Waals surface area (Å²) in [7, 11) is 1.65. The van der Waals surface area contributed by atoms with Crippen LogP contribution >= 0.6 is 0 Å². The molecule has 120 valence electrons. The second-order valence-electron chi connectivity index (χ2n) is 5.26. The van der Waals surface area contributed by atoms with Crippen LogP contribution in [0.4, 0.5) is 11.4 Å². The molecule has 0 radical (unpaired) electrons. The molecule has 1 heterocycles. The molecule has 1 aliphatic rings. The van der Waals surface area contributed by atoms with Gasteiger partial charge in [0.25, 0.3) is 0 Å². The van der Waals surface area contributed by atoms with Gasteiger partial charge >= 0.3 is 0 Å². The number of ether oxygens (including phenoxy) is 2. The summed E-state index contributed by atoms with van der Waals surface area (Å²) in [6, 6.07) is 16.1. The lowest BCUT2D eigenvalue weighted by Crippen LogP contribution is -2.36. The molecule has 1 aliphatic heterocycles. The van der Waals surface area contributed by atoms with Crippen molar-refractivity contribution in [3.8, 4) is 5.75 Å². The molecule has 1 N–H and O–H groups in total. The first-order valence-corrected chi connectivity index (χ1v) is 7.71. The highest BCUT2D eigenvalue weighted by Crippen LogP contribution is 2.22. The Bertz CT molecular complexity index is 650. The fraction of sp³-hybridized carbons (Fsp3) is 0.278. The van der Waals surface area contributed by atoms with Crippen molar-refractivity contribution in [1.29, 1.82) is 0 Å². The molecule has 0 unspecified atom stereocenters.